The molecule has 6 nitrogen and oxygen atoms in total. The van der Waals surface area contributed by atoms with Gasteiger partial charge in [0.15, 0.2) is 11.5 Å². The van der Waals surface area contributed by atoms with Gasteiger partial charge in [0.05, 0.1) is 6.42 Å². The molecule has 1 amide bonds. The summed E-state index contributed by atoms with van der Waals surface area (Å²) in [6, 6.07) is 7.10. The van der Waals surface area contributed by atoms with E-state index in [1.807, 2.05) is 6.07 Å². The van der Waals surface area contributed by atoms with Crippen molar-refractivity contribution in [1.29, 1.82) is 0 Å². The minimum atomic E-state index is -0.959. The zero-order valence-electron chi connectivity index (χ0n) is 10.5. The monoisotopic (exact) mass is 265 g/mol. The van der Waals surface area contributed by atoms with Crippen LogP contribution in [0.15, 0.2) is 24.3 Å². The van der Waals surface area contributed by atoms with Gasteiger partial charge in [-0.2, -0.15) is 0 Å². The summed E-state index contributed by atoms with van der Waals surface area (Å²) < 4.78 is 11.2. The standard InChI is InChI=1S/C13H15NO5/c1-8-12(13(17)14-7-6-11(15)16)19-10-5-3-2-4-9(10)18-8/h2-5,8,12H,6-7H2,1H3,(H,14,17)(H,15,16). The van der Waals surface area contributed by atoms with Gasteiger partial charge in [0.1, 0.15) is 6.10 Å². The molecule has 1 aromatic carbocycles. The summed E-state index contributed by atoms with van der Waals surface area (Å²) in [6.07, 6.45) is -1.33. The number of carbonyl (C=O) groups excluding carboxylic acids is 1. The van der Waals surface area contributed by atoms with Gasteiger partial charge in [-0.25, -0.2) is 0 Å². The first-order valence-corrected chi connectivity index (χ1v) is 6.00. The minimum absolute atomic E-state index is 0.0718. The Balaban J connectivity index is 1.98. The van der Waals surface area contributed by atoms with Crippen molar-refractivity contribution in [2.75, 3.05) is 6.54 Å². The molecule has 1 aromatic rings. The Labute approximate surface area is 110 Å². The lowest BCUT2D eigenvalue weighted by molar-refractivity contribution is -0.137. The molecule has 0 saturated heterocycles. The average molecular weight is 265 g/mol. The number of benzene rings is 1. The molecular weight excluding hydrogens is 250 g/mol. The highest BCUT2D eigenvalue weighted by atomic mass is 16.6. The van der Waals surface area contributed by atoms with E-state index in [-0.39, 0.29) is 18.9 Å². The van der Waals surface area contributed by atoms with Gasteiger partial charge in [-0.1, -0.05) is 12.1 Å². The van der Waals surface area contributed by atoms with Crippen LogP contribution in [-0.2, 0) is 9.59 Å². The van der Waals surface area contributed by atoms with Crippen LogP contribution in [0.4, 0.5) is 0 Å². The summed E-state index contributed by atoms with van der Waals surface area (Å²) in [5.41, 5.74) is 0. The summed E-state index contributed by atoms with van der Waals surface area (Å²) in [5.74, 6) is -0.216. The fourth-order valence-electron chi connectivity index (χ4n) is 1.80. The first-order valence-electron chi connectivity index (χ1n) is 6.00. The maximum atomic E-state index is 11.9. The van der Waals surface area contributed by atoms with Crippen LogP contribution in [0, 0.1) is 0 Å². The molecule has 0 radical (unpaired) electrons. The fraction of sp³-hybridized carbons (Fsp3) is 0.385. The van der Waals surface area contributed by atoms with Crippen molar-refractivity contribution in [2.24, 2.45) is 0 Å². The molecule has 102 valence electrons. The SMILES string of the molecule is CC1Oc2ccccc2OC1C(=O)NCCC(=O)O. The van der Waals surface area contributed by atoms with Gasteiger partial charge in [0.2, 0.25) is 6.10 Å². The first-order chi connectivity index (χ1) is 9.08. The third kappa shape index (κ3) is 3.15. The number of carbonyl (C=O) groups is 2. The smallest absolute Gasteiger partial charge is 0.305 e. The van der Waals surface area contributed by atoms with Crippen molar-refractivity contribution >= 4 is 11.9 Å². The topological polar surface area (TPSA) is 84.9 Å². The predicted octanol–water partition coefficient (Wildman–Crippen LogP) is 0.806. The summed E-state index contributed by atoms with van der Waals surface area (Å²) in [5, 5.41) is 11.0. The van der Waals surface area contributed by atoms with E-state index < -0.39 is 18.2 Å². The minimum Gasteiger partial charge on any atom is -0.482 e. The molecule has 0 saturated carbocycles. The predicted molar refractivity (Wildman–Crippen MR) is 66.2 cm³/mol. The van der Waals surface area contributed by atoms with Gasteiger partial charge in [0.25, 0.3) is 5.91 Å². The maximum absolute atomic E-state index is 11.9. The first kappa shape index (κ1) is 13.2. The van der Waals surface area contributed by atoms with Crippen molar-refractivity contribution in [2.45, 2.75) is 25.6 Å². The van der Waals surface area contributed by atoms with Crippen LogP contribution in [0.2, 0.25) is 0 Å². The molecule has 2 rings (SSSR count). The van der Waals surface area contributed by atoms with Crippen LogP contribution in [0.3, 0.4) is 0 Å². The largest absolute Gasteiger partial charge is 0.482 e. The van der Waals surface area contributed by atoms with Crippen LogP contribution in [-0.4, -0.2) is 35.7 Å². The molecule has 0 aromatic heterocycles. The van der Waals surface area contributed by atoms with E-state index >= 15 is 0 Å². The van der Waals surface area contributed by atoms with E-state index in [2.05, 4.69) is 5.32 Å². The van der Waals surface area contributed by atoms with E-state index in [4.69, 9.17) is 14.6 Å². The second kappa shape index (κ2) is 5.60. The number of para-hydroxylation sites is 2. The van der Waals surface area contributed by atoms with E-state index in [1.54, 1.807) is 25.1 Å². The molecule has 2 atom stereocenters. The lowest BCUT2D eigenvalue weighted by atomic mass is 10.1. The lowest BCUT2D eigenvalue weighted by Crippen LogP contribution is -2.49. The Morgan fingerprint density at radius 2 is 1.89 bits per heavy atom. The zero-order chi connectivity index (χ0) is 13.8. The van der Waals surface area contributed by atoms with Crippen LogP contribution < -0.4 is 14.8 Å². The molecular formula is C13H15NO5. The highest BCUT2D eigenvalue weighted by Gasteiger charge is 2.33. The van der Waals surface area contributed by atoms with Crippen LogP contribution in [0.25, 0.3) is 0 Å². The number of nitrogens with one attached hydrogen (secondary N) is 1. The van der Waals surface area contributed by atoms with E-state index in [1.165, 1.54) is 0 Å². The molecule has 6 heteroatoms. The molecule has 19 heavy (non-hydrogen) atoms. The van der Waals surface area contributed by atoms with Crippen LogP contribution >= 0.6 is 0 Å². The lowest BCUT2D eigenvalue weighted by Gasteiger charge is -2.30. The molecule has 2 N–H and O–H groups in total. The summed E-state index contributed by atoms with van der Waals surface area (Å²) in [4.78, 5) is 22.3. The van der Waals surface area contributed by atoms with E-state index in [0.29, 0.717) is 11.5 Å². The van der Waals surface area contributed by atoms with Gasteiger partial charge < -0.3 is 19.9 Å². The van der Waals surface area contributed by atoms with Gasteiger partial charge in [0, 0.05) is 6.54 Å². The maximum Gasteiger partial charge on any atom is 0.305 e. The number of hydrogen-bond acceptors (Lipinski definition) is 4. The number of carboxylic acid groups (broad SMARTS) is 1. The average Bonchev–Trinajstić information content (AvgIpc) is 2.37. The fourth-order valence-corrected chi connectivity index (χ4v) is 1.80. The Morgan fingerprint density at radius 3 is 2.53 bits per heavy atom. The Kier molecular flexibility index (Phi) is 3.89. The van der Waals surface area contributed by atoms with E-state index in [0.717, 1.165) is 0 Å². The van der Waals surface area contributed by atoms with Crippen molar-refractivity contribution in [1.82, 2.24) is 5.32 Å². The van der Waals surface area contributed by atoms with Gasteiger partial charge in [-0.3, -0.25) is 9.59 Å². The van der Waals surface area contributed by atoms with Crippen molar-refractivity contribution in [3.05, 3.63) is 24.3 Å². The number of ether oxygens (including phenoxy) is 2. The van der Waals surface area contributed by atoms with Crippen LogP contribution in [0.5, 0.6) is 11.5 Å². The zero-order valence-corrected chi connectivity index (χ0v) is 10.5. The van der Waals surface area contributed by atoms with Gasteiger partial charge >= 0.3 is 5.97 Å². The molecule has 0 aliphatic carbocycles. The number of aliphatic carboxylic acids is 1. The Morgan fingerprint density at radius 1 is 1.26 bits per heavy atom. The van der Waals surface area contributed by atoms with Gasteiger partial charge in [-0.15, -0.1) is 0 Å². The molecule has 0 fully saturated rings. The summed E-state index contributed by atoms with van der Waals surface area (Å²) in [7, 11) is 0. The Hall–Kier alpha value is -2.24. The summed E-state index contributed by atoms with van der Waals surface area (Å²) in [6.45, 7) is 1.81. The second-order valence-electron chi connectivity index (χ2n) is 4.24. The molecule has 1 aliphatic heterocycles. The number of carboxylic acids is 1. The van der Waals surface area contributed by atoms with Crippen molar-refractivity contribution < 1.29 is 24.2 Å². The van der Waals surface area contributed by atoms with Crippen LogP contribution in [0.1, 0.15) is 13.3 Å². The molecule has 1 heterocycles. The molecule has 2 unspecified atom stereocenters. The quantitative estimate of drug-likeness (QED) is 0.841. The number of rotatable bonds is 4. The van der Waals surface area contributed by atoms with Gasteiger partial charge in [-0.05, 0) is 19.1 Å². The van der Waals surface area contributed by atoms with Crippen molar-refractivity contribution in [3.63, 3.8) is 0 Å². The molecule has 0 spiro atoms. The number of amides is 1. The molecule has 1 aliphatic rings. The second-order valence-corrected chi connectivity index (χ2v) is 4.24. The normalized spacial score (nSPS) is 20.7. The number of fused-ring (bicyclic) bond motifs is 1. The number of hydrogen-bond donors (Lipinski definition) is 2. The Bertz CT molecular complexity index is 488. The third-order valence-corrected chi connectivity index (χ3v) is 2.74. The van der Waals surface area contributed by atoms with Crippen molar-refractivity contribution in [3.8, 4) is 11.5 Å². The highest BCUT2D eigenvalue weighted by Crippen LogP contribution is 2.33. The molecule has 0 bridgehead atoms. The highest BCUT2D eigenvalue weighted by molar-refractivity contribution is 5.82. The summed E-state index contributed by atoms with van der Waals surface area (Å²) >= 11 is 0. The third-order valence-electron chi connectivity index (χ3n) is 2.74. The van der Waals surface area contributed by atoms with E-state index in [9.17, 15) is 9.59 Å².